The van der Waals surface area contributed by atoms with Crippen LogP contribution in [0.15, 0.2) is 0 Å². The Kier molecular flexibility index (Phi) is 4.80. The van der Waals surface area contributed by atoms with E-state index in [0.717, 1.165) is 51.6 Å². The summed E-state index contributed by atoms with van der Waals surface area (Å²) in [6.07, 6.45) is 3.58. The number of nitrogens with zero attached hydrogens (tertiary/aromatic N) is 2. The first-order valence-corrected chi connectivity index (χ1v) is 6.96. The average Bonchev–Trinajstić information content (AvgIpc) is 2.61. The third-order valence-electron chi connectivity index (χ3n) is 3.93. The molecular weight excluding hydrogens is 214 g/mol. The molecule has 2 aliphatic heterocycles. The summed E-state index contributed by atoms with van der Waals surface area (Å²) in [6.45, 7) is 8.93. The number of hydrogen-bond acceptors (Lipinski definition) is 3. The molecule has 1 amide bonds. The van der Waals surface area contributed by atoms with E-state index in [1.807, 2.05) is 4.90 Å². The maximum absolute atomic E-state index is 12.2. The van der Waals surface area contributed by atoms with E-state index in [0.29, 0.717) is 12.5 Å². The average molecular weight is 239 g/mol. The molecular formula is C13H25N3O. The minimum Gasteiger partial charge on any atom is -0.340 e. The predicted molar refractivity (Wildman–Crippen MR) is 68.9 cm³/mol. The van der Waals surface area contributed by atoms with Crippen LogP contribution in [0.25, 0.3) is 0 Å². The molecule has 0 aromatic heterocycles. The quantitative estimate of drug-likeness (QED) is 0.764. The van der Waals surface area contributed by atoms with Crippen molar-refractivity contribution in [1.82, 2.24) is 15.1 Å². The molecule has 0 saturated carbocycles. The van der Waals surface area contributed by atoms with Crippen molar-refractivity contribution in [3.05, 3.63) is 0 Å². The Hall–Kier alpha value is -0.610. The van der Waals surface area contributed by atoms with E-state index < -0.39 is 0 Å². The number of carbonyl (C=O) groups is 1. The fraction of sp³-hybridized carbons (Fsp3) is 0.923. The van der Waals surface area contributed by atoms with E-state index in [-0.39, 0.29) is 0 Å². The molecule has 4 nitrogen and oxygen atoms in total. The number of piperidine rings is 1. The van der Waals surface area contributed by atoms with Gasteiger partial charge in [0.1, 0.15) is 0 Å². The first-order chi connectivity index (χ1) is 8.25. The number of hydrogen-bond donors (Lipinski definition) is 1. The summed E-state index contributed by atoms with van der Waals surface area (Å²) in [5.74, 6) is 1.16. The van der Waals surface area contributed by atoms with Gasteiger partial charge in [-0.15, -0.1) is 0 Å². The van der Waals surface area contributed by atoms with Crippen LogP contribution in [0.3, 0.4) is 0 Å². The Morgan fingerprint density at radius 2 is 1.94 bits per heavy atom. The molecule has 2 saturated heterocycles. The summed E-state index contributed by atoms with van der Waals surface area (Å²) >= 11 is 0. The smallest absolute Gasteiger partial charge is 0.236 e. The van der Waals surface area contributed by atoms with Crippen LogP contribution in [-0.4, -0.2) is 61.5 Å². The summed E-state index contributed by atoms with van der Waals surface area (Å²) in [6, 6.07) is 0. The first-order valence-electron chi connectivity index (χ1n) is 6.96. The van der Waals surface area contributed by atoms with Gasteiger partial charge in [0.05, 0.1) is 6.54 Å². The molecule has 0 unspecified atom stereocenters. The number of amides is 1. The highest BCUT2D eigenvalue weighted by Gasteiger charge is 2.21. The minimum atomic E-state index is 0.322. The Labute approximate surface area is 104 Å². The molecule has 2 fully saturated rings. The second-order valence-electron chi connectivity index (χ2n) is 5.44. The van der Waals surface area contributed by atoms with Gasteiger partial charge in [-0.25, -0.2) is 0 Å². The Morgan fingerprint density at radius 3 is 2.71 bits per heavy atom. The molecule has 0 radical (unpaired) electrons. The summed E-state index contributed by atoms with van der Waals surface area (Å²) in [4.78, 5) is 16.5. The van der Waals surface area contributed by atoms with Crippen LogP contribution < -0.4 is 5.32 Å². The number of carbonyl (C=O) groups excluding carboxylic acids is 1. The van der Waals surface area contributed by atoms with Gasteiger partial charge in [0.15, 0.2) is 0 Å². The third-order valence-corrected chi connectivity index (χ3v) is 3.93. The SMILES string of the molecule is CC1CCN(CC(=O)N2CCCNCC2)CC1. The van der Waals surface area contributed by atoms with Crippen LogP contribution in [0, 0.1) is 5.92 Å². The van der Waals surface area contributed by atoms with Gasteiger partial charge in [-0.05, 0) is 44.8 Å². The van der Waals surface area contributed by atoms with Crippen molar-refractivity contribution in [3.63, 3.8) is 0 Å². The highest BCUT2D eigenvalue weighted by molar-refractivity contribution is 5.78. The normalized spacial score (nSPS) is 24.6. The highest BCUT2D eigenvalue weighted by atomic mass is 16.2. The lowest BCUT2D eigenvalue weighted by atomic mass is 9.99. The van der Waals surface area contributed by atoms with Gasteiger partial charge in [0.2, 0.25) is 5.91 Å². The molecule has 2 heterocycles. The standard InChI is InChI=1S/C13H25N3O/c1-12-3-8-15(9-4-12)11-13(17)16-7-2-5-14-6-10-16/h12,14H,2-11H2,1H3. The van der Waals surface area contributed by atoms with Crippen LogP contribution in [0.2, 0.25) is 0 Å². The fourth-order valence-corrected chi connectivity index (χ4v) is 2.61. The summed E-state index contributed by atoms with van der Waals surface area (Å²) in [5, 5.41) is 3.33. The second-order valence-corrected chi connectivity index (χ2v) is 5.44. The van der Waals surface area contributed by atoms with Crippen molar-refractivity contribution >= 4 is 5.91 Å². The molecule has 2 rings (SSSR count). The maximum Gasteiger partial charge on any atom is 0.236 e. The monoisotopic (exact) mass is 239 g/mol. The highest BCUT2D eigenvalue weighted by Crippen LogP contribution is 2.15. The zero-order chi connectivity index (χ0) is 12.1. The van der Waals surface area contributed by atoms with Crippen molar-refractivity contribution in [2.75, 3.05) is 45.8 Å². The van der Waals surface area contributed by atoms with Gasteiger partial charge in [-0.2, -0.15) is 0 Å². The zero-order valence-electron chi connectivity index (χ0n) is 11.0. The largest absolute Gasteiger partial charge is 0.340 e. The molecule has 0 aromatic carbocycles. The fourth-order valence-electron chi connectivity index (χ4n) is 2.61. The number of likely N-dealkylation sites (tertiary alicyclic amines) is 1. The van der Waals surface area contributed by atoms with Gasteiger partial charge in [0.25, 0.3) is 0 Å². The van der Waals surface area contributed by atoms with Gasteiger partial charge in [-0.1, -0.05) is 6.92 Å². The van der Waals surface area contributed by atoms with Crippen molar-refractivity contribution in [3.8, 4) is 0 Å². The molecule has 0 spiro atoms. The molecule has 2 aliphatic rings. The molecule has 0 bridgehead atoms. The molecule has 1 N–H and O–H groups in total. The van der Waals surface area contributed by atoms with Crippen LogP contribution in [-0.2, 0) is 4.79 Å². The van der Waals surface area contributed by atoms with E-state index in [9.17, 15) is 4.79 Å². The van der Waals surface area contributed by atoms with E-state index in [1.54, 1.807) is 0 Å². The molecule has 17 heavy (non-hydrogen) atoms. The molecule has 0 atom stereocenters. The van der Waals surface area contributed by atoms with Crippen molar-refractivity contribution in [1.29, 1.82) is 0 Å². The molecule has 0 aliphatic carbocycles. The van der Waals surface area contributed by atoms with Gasteiger partial charge in [-0.3, -0.25) is 9.69 Å². The van der Waals surface area contributed by atoms with Crippen LogP contribution in [0.4, 0.5) is 0 Å². The van der Waals surface area contributed by atoms with E-state index in [4.69, 9.17) is 0 Å². The number of rotatable bonds is 2. The van der Waals surface area contributed by atoms with E-state index >= 15 is 0 Å². The second kappa shape index (κ2) is 6.36. The Bertz CT molecular complexity index is 241. The van der Waals surface area contributed by atoms with Crippen LogP contribution >= 0.6 is 0 Å². The number of nitrogens with one attached hydrogen (secondary N) is 1. The molecule has 0 aromatic rings. The third kappa shape index (κ3) is 3.96. The van der Waals surface area contributed by atoms with Crippen molar-refractivity contribution in [2.45, 2.75) is 26.2 Å². The van der Waals surface area contributed by atoms with Gasteiger partial charge in [0, 0.05) is 19.6 Å². The maximum atomic E-state index is 12.2. The summed E-state index contributed by atoms with van der Waals surface area (Å²) in [5.41, 5.74) is 0. The van der Waals surface area contributed by atoms with Gasteiger partial charge >= 0.3 is 0 Å². The molecule has 4 heteroatoms. The zero-order valence-corrected chi connectivity index (χ0v) is 11.0. The van der Waals surface area contributed by atoms with E-state index in [1.165, 1.54) is 12.8 Å². The summed E-state index contributed by atoms with van der Waals surface area (Å²) in [7, 11) is 0. The minimum absolute atomic E-state index is 0.322. The lowest BCUT2D eigenvalue weighted by molar-refractivity contribution is -0.132. The van der Waals surface area contributed by atoms with Crippen LogP contribution in [0.5, 0.6) is 0 Å². The first kappa shape index (κ1) is 12.8. The topological polar surface area (TPSA) is 35.6 Å². The van der Waals surface area contributed by atoms with Crippen molar-refractivity contribution < 1.29 is 4.79 Å². The lowest BCUT2D eigenvalue weighted by Gasteiger charge is -2.31. The molecule has 98 valence electrons. The van der Waals surface area contributed by atoms with Crippen molar-refractivity contribution in [2.24, 2.45) is 5.92 Å². The Balaban J connectivity index is 1.75. The van der Waals surface area contributed by atoms with Gasteiger partial charge < -0.3 is 10.2 Å². The van der Waals surface area contributed by atoms with Crippen LogP contribution in [0.1, 0.15) is 26.2 Å². The predicted octanol–water partition coefficient (Wildman–Crippen LogP) is 0.540. The Morgan fingerprint density at radius 1 is 1.18 bits per heavy atom. The van der Waals surface area contributed by atoms with E-state index in [2.05, 4.69) is 17.1 Å². The lowest BCUT2D eigenvalue weighted by Crippen LogP contribution is -2.44. The summed E-state index contributed by atoms with van der Waals surface area (Å²) < 4.78 is 0.